The third-order valence-corrected chi connectivity index (χ3v) is 5.32. The summed E-state index contributed by atoms with van der Waals surface area (Å²) in [6.45, 7) is 1.37. The molecule has 0 aliphatic carbocycles. The third-order valence-electron chi connectivity index (χ3n) is 3.54. The molecular weight excluding hydrogens is 399 g/mol. The van der Waals surface area contributed by atoms with Crippen molar-refractivity contribution in [3.63, 3.8) is 0 Å². The van der Waals surface area contributed by atoms with Crippen molar-refractivity contribution in [3.8, 4) is 5.75 Å². The first-order valence-corrected chi connectivity index (χ1v) is 10.1. The van der Waals surface area contributed by atoms with Gasteiger partial charge in [-0.3, -0.25) is 9.10 Å². The van der Waals surface area contributed by atoms with Crippen LogP contribution in [0.2, 0.25) is 10.0 Å². The van der Waals surface area contributed by atoms with Crippen molar-refractivity contribution in [1.29, 1.82) is 0 Å². The summed E-state index contributed by atoms with van der Waals surface area (Å²) in [7, 11) is -2.24. The lowest BCUT2D eigenvalue weighted by Gasteiger charge is -2.22. The molecule has 0 fully saturated rings. The van der Waals surface area contributed by atoms with Crippen LogP contribution in [0.15, 0.2) is 36.4 Å². The zero-order valence-corrected chi connectivity index (χ0v) is 16.7. The number of benzene rings is 2. The standard InChI is InChI=1S/C17H18Cl2N2O4S/c1-11-7-15(16(25-2)9-14(11)19)20-17(22)10-21(26(3,23)24)13-6-4-5-12(18)8-13/h4-9H,10H2,1-3H3,(H,20,22). The van der Waals surface area contributed by atoms with Gasteiger partial charge in [-0.2, -0.15) is 0 Å². The molecule has 0 saturated carbocycles. The number of hydrogen-bond acceptors (Lipinski definition) is 4. The van der Waals surface area contributed by atoms with Crippen LogP contribution in [-0.2, 0) is 14.8 Å². The molecule has 0 bridgehead atoms. The highest BCUT2D eigenvalue weighted by atomic mass is 35.5. The molecule has 0 aliphatic rings. The molecular formula is C17H18Cl2N2O4S. The number of sulfonamides is 1. The summed E-state index contributed by atoms with van der Waals surface area (Å²) in [6.07, 6.45) is 1.02. The molecule has 6 nitrogen and oxygen atoms in total. The Morgan fingerprint density at radius 3 is 2.50 bits per heavy atom. The first kappa shape index (κ1) is 20.4. The molecule has 0 atom stereocenters. The number of nitrogens with zero attached hydrogens (tertiary/aromatic N) is 1. The Morgan fingerprint density at radius 1 is 1.23 bits per heavy atom. The zero-order chi connectivity index (χ0) is 19.5. The number of hydrogen-bond donors (Lipinski definition) is 1. The number of rotatable bonds is 6. The smallest absolute Gasteiger partial charge is 0.245 e. The van der Waals surface area contributed by atoms with Gasteiger partial charge in [-0.15, -0.1) is 0 Å². The van der Waals surface area contributed by atoms with Crippen molar-refractivity contribution >= 4 is 50.5 Å². The predicted molar refractivity (Wildman–Crippen MR) is 105 cm³/mol. The van der Waals surface area contributed by atoms with E-state index in [0.29, 0.717) is 27.2 Å². The van der Waals surface area contributed by atoms with E-state index in [2.05, 4.69) is 5.32 Å². The molecule has 0 radical (unpaired) electrons. The van der Waals surface area contributed by atoms with E-state index in [1.807, 2.05) is 0 Å². The predicted octanol–water partition coefficient (Wildman–Crippen LogP) is 3.72. The van der Waals surface area contributed by atoms with Crippen molar-refractivity contribution in [3.05, 3.63) is 52.0 Å². The molecule has 0 heterocycles. The van der Waals surface area contributed by atoms with Crippen molar-refractivity contribution in [1.82, 2.24) is 0 Å². The number of aryl methyl sites for hydroxylation is 1. The Hall–Kier alpha value is -1.96. The van der Waals surface area contributed by atoms with E-state index >= 15 is 0 Å². The van der Waals surface area contributed by atoms with Gasteiger partial charge in [0, 0.05) is 16.1 Å². The number of halogens is 2. The number of carbonyl (C=O) groups excluding carboxylic acids is 1. The second kappa shape index (κ2) is 8.16. The first-order chi connectivity index (χ1) is 12.1. The van der Waals surface area contributed by atoms with E-state index in [1.165, 1.54) is 13.2 Å². The molecule has 2 aromatic rings. The third kappa shape index (κ3) is 5.03. The lowest BCUT2D eigenvalue weighted by molar-refractivity contribution is -0.114. The molecule has 0 saturated heterocycles. The number of amides is 1. The highest BCUT2D eigenvalue weighted by Crippen LogP contribution is 2.31. The monoisotopic (exact) mass is 416 g/mol. The van der Waals surface area contributed by atoms with Crippen LogP contribution in [0.25, 0.3) is 0 Å². The largest absolute Gasteiger partial charge is 0.495 e. The number of carbonyl (C=O) groups is 1. The van der Waals surface area contributed by atoms with Crippen LogP contribution in [0.5, 0.6) is 5.75 Å². The Morgan fingerprint density at radius 2 is 1.92 bits per heavy atom. The maximum absolute atomic E-state index is 12.5. The fraction of sp³-hybridized carbons (Fsp3) is 0.235. The molecule has 2 aromatic carbocycles. The van der Waals surface area contributed by atoms with Gasteiger partial charge in [-0.25, -0.2) is 8.42 Å². The van der Waals surface area contributed by atoms with Crippen molar-refractivity contribution in [2.75, 3.05) is 29.5 Å². The molecule has 140 valence electrons. The van der Waals surface area contributed by atoms with E-state index in [9.17, 15) is 13.2 Å². The van der Waals surface area contributed by atoms with Gasteiger partial charge < -0.3 is 10.1 Å². The van der Waals surface area contributed by atoms with E-state index < -0.39 is 22.5 Å². The van der Waals surface area contributed by atoms with E-state index in [0.717, 1.165) is 16.1 Å². The average molecular weight is 417 g/mol. The summed E-state index contributed by atoms with van der Waals surface area (Å²) in [5.74, 6) is -0.155. The summed E-state index contributed by atoms with van der Waals surface area (Å²) >= 11 is 12.0. The van der Waals surface area contributed by atoms with Gasteiger partial charge in [0.1, 0.15) is 12.3 Å². The summed E-state index contributed by atoms with van der Waals surface area (Å²) < 4.78 is 30.4. The summed E-state index contributed by atoms with van der Waals surface area (Å²) in [6, 6.07) is 9.50. The van der Waals surface area contributed by atoms with Crippen LogP contribution in [0, 0.1) is 6.92 Å². The van der Waals surface area contributed by atoms with Crippen LogP contribution in [-0.4, -0.2) is 34.2 Å². The normalized spacial score (nSPS) is 11.1. The van der Waals surface area contributed by atoms with Crippen molar-refractivity contribution in [2.45, 2.75) is 6.92 Å². The maximum atomic E-state index is 12.5. The second-order valence-electron chi connectivity index (χ2n) is 5.60. The highest BCUT2D eigenvalue weighted by molar-refractivity contribution is 7.92. The van der Waals surface area contributed by atoms with E-state index in [1.54, 1.807) is 37.3 Å². The number of methoxy groups -OCH3 is 1. The van der Waals surface area contributed by atoms with Crippen molar-refractivity contribution in [2.24, 2.45) is 0 Å². The van der Waals surface area contributed by atoms with Gasteiger partial charge >= 0.3 is 0 Å². The fourth-order valence-corrected chi connectivity index (χ4v) is 3.47. The molecule has 9 heteroatoms. The molecule has 0 unspecified atom stereocenters. The Balaban J connectivity index is 2.28. The number of ether oxygens (including phenoxy) is 1. The minimum atomic E-state index is -3.69. The van der Waals surface area contributed by atoms with Gasteiger partial charge in [-0.05, 0) is 36.8 Å². The molecule has 1 N–H and O–H groups in total. The van der Waals surface area contributed by atoms with Crippen LogP contribution in [0.1, 0.15) is 5.56 Å². The lowest BCUT2D eigenvalue weighted by Crippen LogP contribution is -2.37. The Labute approximate surface area is 162 Å². The number of anilines is 2. The molecule has 0 aliphatic heterocycles. The summed E-state index contributed by atoms with van der Waals surface area (Å²) in [4.78, 5) is 12.5. The van der Waals surface area contributed by atoms with Crippen molar-refractivity contribution < 1.29 is 17.9 Å². The number of nitrogens with one attached hydrogen (secondary N) is 1. The molecule has 0 spiro atoms. The highest BCUT2D eigenvalue weighted by Gasteiger charge is 2.22. The van der Waals surface area contributed by atoms with Gasteiger partial charge in [0.25, 0.3) is 0 Å². The molecule has 0 aromatic heterocycles. The zero-order valence-electron chi connectivity index (χ0n) is 14.4. The maximum Gasteiger partial charge on any atom is 0.245 e. The fourth-order valence-electron chi connectivity index (χ4n) is 2.28. The van der Waals surface area contributed by atoms with Gasteiger partial charge in [0.15, 0.2) is 0 Å². The Bertz CT molecular complexity index is 932. The van der Waals surface area contributed by atoms with Crippen LogP contribution in [0.4, 0.5) is 11.4 Å². The summed E-state index contributed by atoms with van der Waals surface area (Å²) in [5, 5.41) is 3.52. The topological polar surface area (TPSA) is 75.7 Å². The molecule has 1 amide bonds. The molecule has 2 rings (SSSR count). The molecule has 26 heavy (non-hydrogen) atoms. The van der Waals surface area contributed by atoms with Gasteiger partial charge in [0.05, 0.1) is 24.7 Å². The van der Waals surface area contributed by atoms with Gasteiger partial charge in [0.2, 0.25) is 15.9 Å². The minimum absolute atomic E-state index is 0.300. The average Bonchev–Trinajstić information content (AvgIpc) is 2.54. The quantitative estimate of drug-likeness (QED) is 0.778. The Kier molecular flexibility index (Phi) is 6.39. The van der Waals surface area contributed by atoms with E-state index in [4.69, 9.17) is 27.9 Å². The second-order valence-corrected chi connectivity index (χ2v) is 8.35. The SMILES string of the molecule is COc1cc(Cl)c(C)cc1NC(=O)CN(c1cccc(Cl)c1)S(C)(=O)=O. The summed E-state index contributed by atoms with van der Waals surface area (Å²) in [5.41, 5.74) is 1.45. The van der Waals surface area contributed by atoms with Crippen LogP contribution >= 0.6 is 23.2 Å². The minimum Gasteiger partial charge on any atom is -0.495 e. The van der Waals surface area contributed by atoms with Gasteiger partial charge in [-0.1, -0.05) is 29.3 Å². The van der Waals surface area contributed by atoms with E-state index in [-0.39, 0.29) is 0 Å². The van der Waals surface area contributed by atoms with Crippen LogP contribution < -0.4 is 14.4 Å². The first-order valence-electron chi connectivity index (χ1n) is 7.49. The van der Waals surface area contributed by atoms with Crippen LogP contribution in [0.3, 0.4) is 0 Å². The lowest BCUT2D eigenvalue weighted by atomic mass is 10.2.